The summed E-state index contributed by atoms with van der Waals surface area (Å²) >= 11 is 5.62. The van der Waals surface area contributed by atoms with Gasteiger partial charge in [-0.05, 0) is 79.2 Å². The van der Waals surface area contributed by atoms with Crippen LogP contribution in [0.4, 0.5) is 5.95 Å². The van der Waals surface area contributed by atoms with Crippen molar-refractivity contribution in [1.29, 1.82) is 0 Å². The number of fused-ring (bicyclic) bond motifs is 3. The third kappa shape index (κ3) is 7.76. The summed E-state index contributed by atoms with van der Waals surface area (Å²) < 4.78 is 5.58. The summed E-state index contributed by atoms with van der Waals surface area (Å²) in [6.45, 7) is 2.15. The summed E-state index contributed by atoms with van der Waals surface area (Å²) in [5.74, 6) is 1.66. The third-order valence-electron chi connectivity index (χ3n) is 6.79. The molecule has 1 unspecified atom stereocenters. The number of aromatic nitrogens is 10. The van der Waals surface area contributed by atoms with Crippen molar-refractivity contribution in [1.82, 2.24) is 49.5 Å². The molecule has 13 heteroatoms. The Labute approximate surface area is 275 Å². The van der Waals surface area contributed by atoms with Gasteiger partial charge in [0.1, 0.15) is 5.52 Å². The second-order valence-corrected chi connectivity index (χ2v) is 10.4. The summed E-state index contributed by atoms with van der Waals surface area (Å²) in [6.07, 6.45) is 13.5. The predicted molar refractivity (Wildman–Crippen MR) is 178 cm³/mol. The Kier molecular flexibility index (Phi) is 10.4. The van der Waals surface area contributed by atoms with Crippen molar-refractivity contribution in [2.24, 2.45) is 7.05 Å². The summed E-state index contributed by atoms with van der Waals surface area (Å²) in [4.78, 5) is 22.4. The van der Waals surface area contributed by atoms with Crippen LogP contribution in [0, 0.1) is 0 Å². The zero-order chi connectivity index (χ0) is 31.0. The van der Waals surface area contributed by atoms with Crippen LogP contribution in [0.5, 0.6) is 0 Å². The topological polar surface area (TPSA) is 125 Å². The first-order valence-corrected chi connectivity index (χ1v) is 14.6. The minimum absolute atomic E-state index is 0. The van der Waals surface area contributed by atoms with E-state index in [1.807, 2.05) is 111 Å². The van der Waals surface area contributed by atoms with E-state index in [1.165, 1.54) is 0 Å². The molecule has 0 radical (unpaired) electrons. The molecule has 6 heterocycles. The van der Waals surface area contributed by atoms with Crippen molar-refractivity contribution >= 4 is 56.9 Å². The van der Waals surface area contributed by atoms with Crippen molar-refractivity contribution in [3.63, 3.8) is 0 Å². The van der Waals surface area contributed by atoms with Crippen LogP contribution in [0.1, 0.15) is 6.92 Å². The van der Waals surface area contributed by atoms with Gasteiger partial charge >= 0.3 is 5.95 Å². The number of rotatable bonds is 2. The van der Waals surface area contributed by atoms with Gasteiger partial charge in [0.2, 0.25) is 11.2 Å². The fourth-order valence-corrected chi connectivity index (χ4v) is 4.76. The van der Waals surface area contributed by atoms with Gasteiger partial charge in [-0.1, -0.05) is 41.4 Å². The second-order valence-electron chi connectivity index (χ2n) is 10.0. The number of nitrogens with one attached hydrogen (secondary N) is 3. The smallest absolute Gasteiger partial charge is 0.397 e. The van der Waals surface area contributed by atoms with Crippen molar-refractivity contribution in [3.8, 4) is 5.95 Å². The quantitative estimate of drug-likeness (QED) is 0.246. The minimum Gasteiger partial charge on any atom is -1.00 e. The molecule has 0 spiro atoms. The van der Waals surface area contributed by atoms with Crippen molar-refractivity contribution in [3.05, 3.63) is 127 Å². The number of halogens is 2. The third-order valence-corrected chi connectivity index (χ3v) is 6.97. The van der Waals surface area contributed by atoms with Gasteiger partial charge in [0.05, 0.1) is 34.3 Å². The Morgan fingerprint density at radius 2 is 1.28 bits per heavy atom. The number of imidazole rings is 3. The highest BCUT2D eigenvalue weighted by Gasteiger charge is 2.20. The number of nitrogens with zero attached hydrogens (tertiary/aromatic N) is 8. The largest absolute Gasteiger partial charge is 1.00 e. The molecule has 0 aliphatic carbocycles. The van der Waals surface area contributed by atoms with Crippen molar-refractivity contribution in [2.45, 2.75) is 13.0 Å². The van der Waals surface area contributed by atoms with E-state index in [1.54, 1.807) is 21.8 Å². The van der Waals surface area contributed by atoms with Gasteiger partial charge in [-0.2, -0.15) is 10.2 Å². The summed E-state index contributed by atoms with van der Waals surface area (Å²) in [6, 6.07) is 27.9. The predicted octanol–water partition coefficient (Wildman–Crippen LogP) is 3.63. The van der Waals surface area contributed by atoms with Gasteiger partial charge < -0.3 is 22.4 Å². The van der Waals surface area contributed by atoms with Gasteiger partial charge in [-0.3, -0.25) is 4.68 Å². The molecule has 0 saturated heterocycles. The number of benzene rings is 3. The molecular weight excluding hydrogens is 621 g/mol. The first-order valence-electron chi connectivity index (χ1n) is 14.3. The molecule has 1 aliphatic heterocycles. The molecule has 0 bridgehead atoms. The summed E-state index contributed by atoms with van der Waals surface area (Å²) in [5.41, 5.74) is 5.97. The molecule has 3 aromatic carbocycles. The van der Waals surface area contributed by atoms with E-state index in [4.69, 9.17) is 11.6 Å². The Morgan fingerprint density at radius 1 is 0.696 bits per heavy atom. The van der Waals surface area contributed by atoms with Crippen LogP contribution in [0.2, 0.25) is 5.28 Å². The lowest BCUT2D eigenvalue weighted by Gasteiger charge is -2.01. The van der Waals surface area contributed by atoms with Crippen LogP contribution in [-0.4, -0.2) is 66.3 Å². The number of hydrogen-bond donors (Lipinski definition) is 3. The molecule has 0 saturated carbocycles. The maximum absolute atomic E-state index is 5.62. The molecule has 0 fully saturated rings. The first kappa shape index (κ1) is 31.9. The number of hydrogen-bond acceptors (Lipinski definition) is 5. The van der Waals surface area contributed by atoms with E-state index in [0.717, 1.165) is 45.0 Å². The maximum atomic E-state index is 5.62. The standard InChI is InChI=1S/C12H12N3.C10H8N4.C7H5ClN2.C4H6N2.ClH/c1-9-5-4-8-15(9)12-13-10-6-2-3-7-11(10)14-12;1-2-5-9-8(4-1)12-10(13-9)14-7-3-6-11-14;8-7-9-5-3-1-2-4-6(5)10-7;1-6-4-2-3-5-6;/h2-9H,1H3,(H,13,14);1-7H,(H,12,13);1-4H,(H,9,10);2-4H,1H3;1H/q+1;;;;/p-1. The van der Waals surface area contributed by atoms with Crippen molar-refractivity contribution < 1.29 is 17.0 Å². The van der Waals surface area contributed by atoms with Crippen LogP contribution in [0.3, 0.4) is 0 Å². The van der Waals surface area contributed by atoms with Crippen LogP contribution < -0.4 is 12.4 Å². The molecule has 46 heavy (non-hydrogen) atoms. The van der Waals surface area contributed by atoms with E-state index >= 15 is 0 Å². The highest BCUT2D eigenvalue weighted by molar-refractivity contribution is 6.29. The molecule has 9 rings (SSSR count). The molecule has 0 amide bonds. The average molecular weight is 653 g/mol. The van der Waals surface area contributed by atoms with Gasteiger partial charge in [0.15, 0.2) is 5.52 Å². The van der Waals surface area contributed by atoms with E-state index in [9.17, 15) is 0 Å². The Balaban J connectivity index is 0.000000125. The normalized spacial score (nSPS) is 13.2. The first-order chi connectivity index (χ1) is 22.0. The Morgan fingerprint density at radius 3 is 1.78 bits per heavy atom. The number of allylic oxidation sites excluding steroid dienone is 1. The van der Waals surface area contributed by atoms with E-state index in [2.05, 4.69) is 63.8 Å². The van der Waals surface area contributed by atoms with E-state index in [-0.39, 0.29) is 12.4 Å². The van der Waals surface area contributed by atoms with Crippen LogP contribution in [-0.2, 0) is 7.05 Å². The number of aryl methyl sites for hydroxylation is 1. The highest BCUT2D eigenvalue weighted by Crippen LogP contribution is 2.18. The zero-order valence-corrected chi connectivity index (χ0v) is 26.5. The molecule has 5 aromatic heterocycles. The van der Waals surface area contributed by atoms with Gasteiger partial charge in [0.25, 0.3) is 0 Å². The number of para-hydroxylation sites is 6. The lowest BCUT2D eigenvalue weighted by atomic mass is 10.3. The summed E-state index contributed by atoms with van der Waals surface area (Å²) in [5, 5.41) is 8.38. The van der Waals surface area contributed by atoms with Gasteiger partial charge in [0, 0.05) is 31.8 Å². The Hall–Kier alpha value is -5.52. The second kappa shape index (κ2) is 15.0. The molecular formula is C33H31Cl2N11. The van der Waals surface area contributed by atoms with Gasteiger partial charge in [-0.25, -0.2) is 24.2 Å². The van der Waals surface area contributed by atoms with Crippen LogP contribution >= 0.6 is 11.6 Å². The SMILES string of the molecule is CC1C=CC=[N+]1c1nc2ccccc2[nH]1.Clc1nc2ccccc2[nH]1.Cn1cccn1.[Cl-].c1ccc2[nH]c(-n3cccn3)nc2c1. The molecule has 1 aliphatic rings. The van der Waals surface area contributed by atoms with Crippen LogP contribution in [0.25, 0.3) is 39.0 Å². The fraction of sp³-hybridized carbons (Fsp3) is 0.0909. The average Bonchev–Trinajstić information content (AvgIpc) is 3.90. The number of aromatic amines is 3. The lowest BCUT2D eigenvalue weighted by molar-refractivity contribution is -0.464. The lowest BCUT2D eigenvalue weighted by Crippen LogP contribution is -3.00. The zero-order valence-electron chi connectivity index (χ0n) is 25.0. The monoisotopic (exact) mass is 651 g/mol. The van der Waals surface area contributed by atoms with Crippen LogP contribution in [0.15, 0.2) is 122 Å². The number of H-pyrrole nitrogens is 3. The minimum atomic E-state index is 0. The Bertz CT molecular complexity index is 2070. The van der Waals surface area contributed by atoms with Gasteiger partial charge in [-0.15, -0.1) is 0 Å². The molecule has 3 N–H and O–H groups in total. The molecule has 8 aromatic rings. The summed E-state index contributed by atoms with van der Waals surface area (Å²) in [7, 11) is 1.89. The van der Waals surface area contributed by atoms with E-state index in [0.29, 0.717) is 11.3 Å². The van der Waals surface area contributed by atoms with E-state index < -0.39 is 0 Å². The molecule has 11 nitrogen and oxygen atoms in total. The highest BCUT2D eigenvalue weighted by atomic mass is 35.5. The van der Waals surface area contributed by atoms with Crippen molar-refractivity contribution in [2.75, 3.05) is 0 Å². The molecule has 232 valence electrons. The molecule has 1 atom stereocenters. The maximum Gasteiger partial charge on any atom is 0.397 e. The fourth-order valence-electron chi connectivity index (χ4n) is 4.57.